The number of aromatic nitrogens is 2. The number of nitrogens with zero attached hydrogens (tertiary/aromatic N) is 4. The minimum atomic E-state index is -0.722. The molecule has 0 saturated heterocycles. The zero-order valence-corrected chi connectivity index (χ0v) is 68.6. The zero-order valence-electron chi connectivity index (χ0n) is 68.6. The summed E-state index contributed by atoms with van der Waals surface area (Å²) in [4.78, 5) is 5.21. The summed E-state index contributed by atoms with van der Waals surface area (Å²) in [6.45, 7) is 19.5. The van der Waals surface area contributed by atoms with Crippen molar-refractivity contribution < 1.29 is 0 Å². The topological polar surface area (TPSA) is 16.3 Å². The normalized spacial score (nSPS) is 17.3. The van der Waals surface area contributed by atoms with E-state index < -0.39 is 21.7 Å². The first kappa shape index (κ1) is 69.1. The van der Waals surface area contributed by atoms with Crippen LogP contribution in [0.5, 0.6) is 0 Å². The van der Waals surface area contributed by atoms with Gasteiger partial charge in [-0.15, -0.1) is 0 Å². The molecule has 19 aromatic rings. The fraction of sp³-hybridized carbons (Fsp3) is 0.121. The van der Waals surface area contributed by atoms with Crippen LogP contribution in [0.25, 0.3) is 99.5 Å². The largest absolute Gasteiger partial charge is 0.310 e. The van der Waals surface area contributed by atoms with Gasteiger partial charge in [0.1, 0.15) is 0 Å². The highest BCUT2D eigenvalue weighted by atomic mass is 15.2. The number of para-hydroxylation sites is 7. The van der Waals surface area contributed by atoms with Crippen LogP contribution in [-0.4, -0.2) is 9.13 Å². The predicted molar refractivity (Wildman–Crippen MR) is 498 cm³/mol. The third-order valence-corrected chi connectivity index (χ3v) is 29.3. The van der Waals surface area contributed by atoms with Crippen LogP contribution in [0.2, 0.25) is 0 Å². The van der Waals surface area contributed by atoms with Crippen LogP contribution in [0.15, 0.2) is 376 Å². The Balaban J connectivity index is 0.676. The van der Waals surface area contributed by atoms with E-state index in [0.29, 0.717) is 0 Å². The molecule has 0 radical (unpaired) electrons. The number of hydrogen-bond donors (Lipinski definition) is 0. The van der Waals surface area contributed by atoms with Gasteiger partial charge in [0.05, 0.1) is 61.3 Å². The summed E-state index contributed by atoms with van der Waals surface area (Å²) in [6, 6.07) is 145. The van der Waals surface area contributed by atoms with Gasteiger partial charge in [0, 0.05) is 65.8 Å². The van der Waals surface area contributed by atoms with Crippen LogP contribution in [-0.2, 0) is 32.5 Å². The molecule has 4 heteroatoms. The summed E-state index contributed by atoms with van der Waals surface area (Å²) in [5, 5.41) is 4.99. The van der Waals surface area contributed by atoms with Crippen LogP contribution >= 0.6 is 0 Å². The average molecular weight is 1540 g/mol. The number of rotatable bonds is 8. The Bertz CT molecular complexity index is 7700. The average Bonchev–Trinajstić information content (AvgIpc) is 1.14. The van der Waals surface area contributed by atoms with Crippen LogP contribution in [0.4, 0.5) is 34.1 Å². The third-order valence-electron chi connectivity index (χ3n) is 29.3. The second-order valence-electron chi connectivity index (χ2n) is 36.5. The van der Waals surface area contributed by atoms with Gasteiger partial charge in [-0.25, -0.2) is 0 Å². The molecule has 120 heavy (non-hydrogen) atoms. The molecule has 6 aliphatic rings. The van der Waals surface area contributed by atoms with Crippen LogP contribution in [0.1, 0.15) is 144 Å². The highest BCUT2D eigenvalue weighted by molar-refractivity contribution is 6.15. The summed E-state index contributed by atoms with van der Waals surface area (Å²) in [6.07, 6.45) is 0. The molecular formula is C116H86N4. The molecule has 4 nitrogen and oxygen atoms in total. The zero-order chi connectivity index (χ0) is 80.2. The van der Waals surface area contributed by atoms with Crippen molar-refractivity contribution in [3.8, 4) is 55.9 Å². The van der Waals surface area contributed by atoms with Gasteiger partial charge in [0.25, 0.3) is 0 Å². The summed E-state index contributed by atoms with van der Waals surface area (Å²) < 4.78 is 5.17. The maximum atomic E-state index is 2.65. The lowest BCUT2D eigenvalue weighted by atomic mass is 9.53. The van der Waals surface area contributed by atoms with E-state index in [0.717, 1.165) is 50.7 Å². The van der Waals surface area contributed by atoms with Gasteiger partial charge in [0.15, 0.2) is 0 Å². The first-order valence-corrected chi connectivity index (χ1v) is 42.7. The van der Waals surface area contributed by atoms with Gasteiger partial charge in [0.2, 0.25) is 0 Å². The van der Waals surface area contributed by atoms with Crippen LogP contribution in [0, 0.1) is 0 Å². The highest BCUT2D eigenvalue weighted by Gasteiger charge is 2.57. The molecule has 570 valence electrons. The first-order chi connectivity index (χ1) is 58.6. The SMILES string of the molecule is CC1(C)c2ccccc2-c2ccc(N(c3ccccc3)c3cccc4c3C(C)(C)c3ccccc3C43c4ccccc4-n4c5ccc(-c6cccc(-c7ccccc7N(c7ccc8c(c7)C(C)(C)c7ccccc7-8)c7cccc8c7C(C)(C)c7ccccc7C87c8ccccc8-n8c9ccccc9c9cccc7c98)c6)cc5c5cccc3c54)cc21. The maximum absolute atomic E-state index is 2.65. The van der Waals surface area contributed by atoms with Crippen molar-refractivity contribution in [1.29, 1.82) is 0 Å². The van der Waals surface area contributed by atoms with Gasteiger partial charge in [-0.3, -0.25) is 0 Å². The second-order valence-corrected chi connectivity index (χ2v) is 36.5. The second kappa shape index (κ2) is 24.3. The Labute approximate surface area is 700 Å². The van der Waals surface area contributed by atoms with Crippen LogP contribution < -0.4 is 9.80 Å². The Kier molecular flexibility index (Phi) is 14.0. The van der Waals surface area contributed by atoms with E-state index in [1.165, 1.54) is 172 Å². The molecule has 17 aromatic carbocycles. The smallest absolute Gasteiger partial charge is 0.0749 e. The lowest BCUT2D eigenvalue weighted by molar-refractivity contribution is 0.557. The molecule has 2 atom stereocenters. The third kappa shape index (κ3) is 8.74. The molecule has 0 saturated carbocycles. The summed E-state index contributed by atoms with van der Waals surface area (Å²) in [5.74, 6) is 0. The number of fused-ring (bicyclic) bond motifs is 28. The van der Waals surface area contributed by atoms with Crippen molar-refractivity contribution in [2.24, 2.45) is 0 Å². The Morgan fingerprint density at radius 2 is 0.583 bits per heavy atom. The van der Waals surface area contributed by atoms with Crippen LogP contribution in [0.3, 0.4) is 0 Å². The van der Waals surface area contributed by atoms with E-state index in [1.807, 2.05) is 0 Å². The quantitative estimate of drug-likeness (QED) is 0.151. The summed E-state index contributed by atoms with van der Waals surface area (Å²) >= 11 is 0. The summed E-state index contributed by atoms with van der Waals surface area (Å²) in [5.41, 5.74) is 42.3. The molecule has 4 heterocycles. The molecule has 2 aromatic heterocycles. The number of anilines is 6. The predicted octanol–water partition coefficient (Wildman–Crippen LogP) is 29.4. The molecule has 0 amide bonds. The Morgan fingerprint density at radius 1 is 0.200 bits per heavy atom. The van der Waals surface area contributed by atoms with Gasteiger partial charge in [-0.05, 0) is 219 Å². The van der Waals surface area contributed by atoms with Crippen molar-refractivity contribution in [3.05, 3.63) is 465 Å². The highest BCUT2D eigenvalue weighted by Crippen LogP contribution is 2.67. The number of hydrogen-bond acceptors (Lipinski definition) is 2. The van der Waals surface area contributed by atoms with Crippen molar-refractivity contribution >= 4 is 77.7 Å². The molecule has 0 bridgehead atoms. The van der Waals surface area contributed by atoms with E-state index in [4.69, 9.17) is 0 Å². The summed E-state index contributed by atoms with van der Waals surface area (Å²) in [7, 11) is 0. The molecule has 2 unspecified atom stereocenters. The molecule has 0 fully saturated rings. The minimum absolute atomic E-state index is 0.184. The number of benzene rings is 17. The van der Waals surface area contributed by atoms with Crippen molar-refractivity contribution in [3.63, 3.8) is 0 Å². The molecular weight excluding hydrogens is 1450 g/mol. The fourth-order valence-electron chi connectivity index (χ4n) is 24.3. The van der Waals surface area contributed by atoms with Crippen molar-refractivity contribution in [1.82, 2.24) is 9.13 Å². The standard InChI is InChI=1S/C116H86N4/c1-111(2)86-43-16-12-38-78(86)80-64-62-75(69-98(80)111)117(74-35-10-9-11-36-74)105-59-31-51-94-107(105)113(5,6)88-45-18-20-47-90(88)115(94)93-50-23-27-58-104(93)120-102-66-61-72(68-85(102)84-42-30-54-97(115)110(84)120)71-33-28-34-73(67-71)77-37-14-24-55-100(77)118(76-63-65-81-79-39-13-17-44-87(79)112(3,4)99(81)70-76)106-60-32-52-95-108(106)114(7,8)89-46-19-21-48-91(89)116(95)92-49-22-26-57-103(92)119-101-56-25-15-40-82(101)83-41-29-53-96(116)109(83)119/h9-70H,1-8H3. The molecule has 25 rings (SSSR count). The Morgan fingerprint density at radius 3 is 1.16 bits per heavy atom. The fourth-order valence-corrected chi connectivity index (χ4v) is 24.3. The first-order valence-electron chi connectivity index (χ1n) is 42.7. The molecule has 4 aliphatic carbocycles. The van der Waals surface area contributed by atoms with E-state index in [-0.39, 0.29) is 10.8 Å². The van der Waals surface area contributed by atoms with E-state index in [9.17, 15) is 0 Å². The van der Waals surface area contributed by atoms with Gasteiger partial charge >= 0.3 is 0 Å². The molecule has 0 N–H and O–H groups in total. The van der Waals surface area contributed by atoms with Gasteiger partial charge < -0.3 is 18.9 Å². The van der Waals surface area contributed by atoms with Gasteiger partial charge in [-0.1, -0.05) is 341 Å². The van der Waals surface area contributed by atoms with E-state index >= 15 is 0 Å². The molecule has 2 aliphatic heterocycles. The van der Waals surface area contributed by atoms with Gasteiger partial charge in [-0.2, -0.15) is 0 Å². The molecule has 2 spiro atoms. The van der Waals surface area contributed by atoms with Crippen molar-refractivity contribution in [2.75, 3.05) is 9.80 Å². The van der Waals surface area contributed by atoms with Crippen molar-refractivity contribution in [2.45, 2.75) is 87.9 Å². The monoisotopic (exact) mass is 1530 g/mol. The lowest BCUT2D eigenvalue weighted by Crippen LogP contribution is -2.44. The lowest BCUT2D eigenvalue weighted by Gasteiger charge is -2.51. The minimum Gasteiger partial charge on any atom is -0.310 e. The Hall–Kier alpha value is -14.1. The maximum Gasteiger partial charge on any atom is 0.0749 e. The van der Waals surface area contributed by atoms with E-state index in [2.05, 4.69) is 450 Å². The van der Waals surface area contributed by atoms with E-state index in [1.54, 1.807) is 0 Å².